The average Bonchev–Trinajstić information content (AvgIpc) is 2.79. The van der Waals surface area contributed by atoms with Crippen LogP contribution >= 0.6 is 11.8 Å². The van der Waals surface area contributed by atoms with Crippen molar-refractivity contribution in [1.29, 1.82) is 0 Å². The van der Waals surface area contributed by atoms with Crippen LogP contribution in [0.1, 0.15) is 109 Å². The van der Waals surface area contributed by atoms with Crippen molar-refractivity contribution in [2.45, 2.75) is 109 Å². The zero-order valence-corrected chi connectivity index (χ0v) is 30.0. The number of hydrogen-bond acceptors (Lipinski definition) is 7. The first kappa shape index (κ1) is 60.4. The smallest absolute Gasteiger partial charge is 0.144 e. The fourth-order valence-corrected chi connectivity index (χ4v) is 0.118. The Hall–Kier alpha value is -1.12. The van der Waals surface area contributed by atoms with Crippen LogP contribution in [0.3, 0.4) is 0 Å². The topological polar surface area (TPSA) is 86.7 Å². The van der Waals surface area contributed by atoms with Gasteiger partial charge in [0.15, 0.2) is 0 Å². The van der Waals surface area contributed by atoms with Crippen LogP contribution in [-0.4, -0.2) is 66.3 Å². The molecule has 0 saturated heterocycles. The molecule has 8 heteroatoms. The Bertz CT molecular complexity index is 490. The van der Waals surface area contributed by atoms with E-state index in [1.807, 2.05) is 65.4 Å². The van der Waals surface area contributed by atoms with E-state index in [-0.39, 0.29) is 11.6 Å². The number of thioether (sulfide) groups is 1. The molecule has 0 aromatic rings. The molecule has 0 atom stereocenters. The molecule has 232 valence electrons. The molecular weight excluding hydrogens is 508 g/mol. The molecule has 6 nitrogen and oxygen atoms in total. The van der Waals surface area contributed by atoms with E-state index in [0.717, 1.165) is 18.3 Å². The molecule has 0 amide bonds. The second-order valence-electron chi connectivity index (χ2n) is 7.40. The predicted molar refractivity (Wildman–Crippen MR) is 174 cm³/mol. The zero-order chi connectivity index (χ0) is 32.3. The van der Waals surface area contributed by atoms with E-state index in [2.05, 4.69) is 32.4 Å². The Labute approximate surface area is 239 Å². The lowest BCUT2D eigenvalue weighted by Crippen LogP contribution is -1.86. The maximum absolute atomic E-state index is 9.81. The lowest BCUT2D eigenvalue weighted by molar-refractivity contribution is -0.117. The van der Waals surface area contributed by atoms with Crippen LogP contribution in [0.2, 0.25) is 0 Å². The number of carbonyl (C=O) groups excluding carboxylic acids is 2. The molecular formula is C29H68O6S2. The van der Waals surface area contributed by atoms with Crippen LogP contribution in [-0.2, 0) is 28.9 Å². The van der Waals surface area contributed by atoms with Crippen LogP contribution in [0, 0.1) is 0 Å². The lowest BCUT2D eigenvalue weighted by atomic mass is 10.4. The fourth-order valence-electron chi connectivity index (χ4n) is 0.118. The van der Waals surface area contributed by atoms with Crippen LogP contribution in [0.5, 0.6) is 0 Å². The van der Waals surface area contributed by atoms with Gasteiger partial charge in [-0.3, -0.25) is 0 Å². The monoisotopic (exact) mass is 576 g/mol. The third kappa shape index (κ3) is 797. The van der Waals surface area contributed by atoms with Gasteiger partial charge in [0.25, 0.3) is 0 Å². The number of methoxy groups -OCH3 is 2. The maximum atomic E-state index is 9.81. The first-order valence-corrected chi connectivity index (χ1v) is 16.5. The van der Waals surface area contributed by atoms with Crippen molar-refractivity contribution in [2.75, 3.05) is 46.4 Å². The van der Waals surface area contributed by atoms with Gasteiger partial charge in [-0.15, -0.1) is 0 Å². The van der Waals surface area contributed by atoms with Crippen LogP contribution in [0.25, 0.3) is 0 Å². The van der Waals surface area contributed by atoms with E-state index in [1.165, 1.54) is 33.1 Å². The summed E-state index contributed by atoms with van der Waals surface area (Å²) >= 11 is 1.75. The summed E-state index contributed by atoms with van der Waals surface area (Å²) in [5.74, 6) is 1.39. The minimum Gasteiger partial charge on any atom is -0.502 e. The Morgan fingerprint density at radius 2 is 0.919 bits per heavy atom. The molecule has 0 spiro atoms. The molecule has 0 bridgehead atoms. The summed E-state index contributed by atoms with van der Waals surface area (Å²) in [6, 6.07) is 0. The van der Waals surface area contributed by atoms with Crippen molar-refractivity contribution in [2.24, 2.45) is 0 Å². The number of ether oxygens (including phenoxy) is 2. The molecule has 0 rings (SSSR count). The highest BCUT2D eigenvalue weighted by Gasteiger charge is 1.79. The number of sulfone groups is 1. The van der Waals surface area contributed by atoms with E-state index >= 15 is 0 Å². The summed E-state index contributed by atoms with van der Waals surface area (Å²) in [6.45, 7) is 23.0. The number of rotatable bonds is 3. The molecule has 0 unspecified atom stereocenters. The number of allylic oxidation sites excluding steroid dienone is 4. The van der Waals surface area contributed by atoms with Crippen LogP contribution < -0.4 is 0 Å². The van der Waals surface area contributed by atoms with Gasteiger partial charge < -0.3 is 19.1 Å². The molecule has 0 aliphatic heterocycles. The number of Topliss-reactive ketones (excluding diaryl/α,β-unsaturated/α-hetero) is 2. The fraction of sp³-hybridized carbons (Fsp3) is 0.793. The van der Waals surface area contributed by atoms with Gasteiger partial charge in [-0.1, -0.05) is 72.1 Å². The van der Waals surface area contributed by atoms with Gasteiger partial charge in [0.1, 0.15) is 21.4 Å². The summed E-state index contributed by atoms with van der Waals surface area (Å²) < 4.78 is 28.3. The van der Waals surface area contributed by atoms with Crippen molar-refractivity contribution in [3.8, 4) is 0 Å². The quantitative estimate of drug-likeness (QED) is 0.245. The van der Waals surface area contributed by atoms with Crippen molar-refractivity contribution >= 4 is 33.2 Å². The number of ketones is 2. The minimum atomic E-state index is -2.67. The van der Waals surface area contributed by atoms with Gasteiger partial charge in [0.2, 0.25) is 0 Å². The Morgan fingerprint density at radius 1 is 0.757 bits per heavy atom. The van der Waals surface area contributed by atoms with Crippen molar-refractivity contribution in [3.63, 3.8) is 0 Å². The summed E-state index contributed by atoms with van der Waals surface area (Å²) in [5, 5.41) is 0. The summed E-state index contributed by atoms with van der Waals surface area (Å²) in [7, 11) is 2.25. The molecule has 0 fully saturated rings. The van der Waals surface area contributed by atoms with Crippen LogP contribution in [0.15, 0.2) is 24.0 Å². The van der Waals surface area contributed by atoms with Gasteiger partial charge in [-0.05, 0) is 61.0 Å². The normalized spacial score (nSPS) is 8.46. The Balaban J connectivity index is -0.0000000344. The van der Waals surface area contributed by atoms with Gasteiger partial charge in [0.05, 0.1) is 12.9 Å². The molecule has 0 heterocycles. The predicted octanol–water partition coefficient (Wildman–Crippen LogP) is 8.84. The van der Waals surface area contributed by atoms with Crippen molar-refractivity contribution in [1.82, 2.24) is 0 Å². The number of unbranched alkanes of at least 4 members (excludes halogenated alkanes) is 1. The second kappa shape index (κ2) is 70.2. The third-order valence-electron chi connectivity index (χ3n) is 2.06. The summed E-state index contributed by atoms with van der Waals surface area (Å²) in [4.78, 5) is 19.3. The molecule has 0 saturated carbocycles. The van der Waals surface area contributed by atoms with Gasteiger partial charge >= 0.3 is 0 Å². The van der Waals surface area contributed by atoms with Gasteiger partial charge in [-0.2, -0.15) is 11.8 Å². The molecule has 0 aromatic heterocycles. The first-order valence-electron chi connectivity index (χ1n) is 12.5. The van der Waals surface area contributed by atoms with E-state index in [0.29, 0.717) is 6.42 Å². The molecule has 0 radical (unpaired) electrons. The summed E-state index contributed by atoms with van der Waals surface area (Å²) in [5.41, 5.74) is 0. The highest BCUT2D eigenvalue weighted by atomic mass is 32.2. The lowest BCUT2D eigenvalue weighted by Gasteiger charge is -1.91. The first-order chi connectivity index (χ1) is 16.9. The largest absolute Gasteiger partial charge is 0.502 e. The van der Waals surface area contributed by atoms with E-state index in [4.69, 9.17) is 4.74 Å². The average molecular weight is 577 g/mol. The Kier molecular flexibility index (Phi) is 115. The Morgan fingerprint density at radius 3 is 0.919 bits per heavy atom. The molecule has 37 heavy (non-hydrogen) atoms. The molecule has 0 aliphatic carbocycles. The van der Waals surface area contributed by atoms with Gasteiger partial charge in [-0.25, -0.2) is 8.42 Å². The van der Waals surface area contributed by atoms with Crippen molar-refractivity contribution < 1.29 is 27.5 Å². The van der Waals surface area contributed by atoms with Crippen molar-refractivity contribution in [3.05, 3.63) is 24.0 Å². The van der Waals surface area contributed by atoms with E-state index in [1.54, 1.807) is 40.0 Å². The van der Waals surface area contributed by atoms with E-state index in [9.17, 15) is 18.0 Å². The standard InChI is InChI=1S/C5H10O.C4H8O.C4H10.C4H8.C3H6O.C3H8.C2H6O2S.C2H6O.C2H6S/c1-4-5(2)6-3;1-3-4(2)5;2*1-3-4-2;1-3(2)4;1-3-2;1-5(2,3)4;2*1-3-2/h4H,1-3H3;3H2,1-2H3;3-4H2,1-2H3;3-4H,1-2H3;1-2H3;3H2,1-2H3;1-2H3;2*1-2H3/b5-4+;;;4-3-;;;;;. The number of hydrogen-bond donors (Lipinski definition) is 0. The highest BCUT2D eigenvalue weighted by Crippen LogP contribution is 1.87. The van der Waals surface area contributed by atoms with Gasteiger partial charge in [0, 0.05) is 33.2 Å². The molecule has 0 aromatic carbocycles. The molecule has 0 aliphatic rings. The third-order valence-corrected chi connectivity index (χ3v) is 2.06. The second-order valence-corrected chi connectivity index (χ2v) is 10.5. The summed E-state index contributed by atoms with van der Waals surface area (Å²) in [6.07, 6.45) is 16.9. The number of carbonyl (C=O) groups is 2. The minimum absolute atomic E-state index is 0.167. The highest BCUT2D eigenvalue weighted by molar-refractivity contribution is 7.97. The zero-order valence-electron chi connectivity index (χ0n) is 28.3. The van der Waals surface area contributed by atoms with Crippen LogP contribution in [0.4, 0.5) is 0 Å². The maximum Gasteiger partial charge on any atom is 0.144 e. The molecule has 0 N–H and O–H groups in total. The van der Waals surface area contributed by atoms with E-state index < -0.39 is 9.84 Å². The SMILES string of the molecule is C/C=C(\C)OC.C/C=C\C.CC(C)=O.CCC.CCC(C)=O.CCCC.COC.CS(C)(=O)=O.CSC.